The Kier molecular flexibility index (Phi) is 7.81. The van der Waals surface area contributed by atoms with Crippen molar-refractivity contribution in [2.45, 2.75) is 55.6 Å². The van der Waals surface area contributed by atoms with E-state index < -0.39 is 34.5 Å². The number of aromatic nitrogens is 2. The van der Waals surface area contributed by atoms with Gasteiger partial charge in [-0.3, -0.25) is 9.59 Å². The van der Waals surface area contributed by atoms with Crippen LogP contribution in [-0.2, 0) is 15.8 Å². The molecule has 4 N–H and O–H groups in total. The fraction of sp³-hybridized carbons (Fsp3) is 0.297. The van der Waals surface area contributed by atoms with Gasteiger partial charge in [0.1, 0.15) is 52.0 Å². The summed E-state index contributed by atoms with van der Waals surface area (Å²) in [7, 11) is 0. The van der Waals surface area contributed by atoms with Crippen LogP contribution in [0.5, 0.6) is 11.5 Å². The molecule has 2 atom stereocenters. The molecule has 13 heteroatoms. The monoisotopic (exact) mass is 716 g/mol. The van der Waals surface area contributed by atoms with Crippen LogP contribution in [0.2, 0.25) is 5.02 Å². The molecule has 5 aromatic rings. The lowest BCUT2D eigenvalue weighted by Crippen LogP contribution is -2.43. The zero-order valence-electron chi connectivity index (χ0n) is 26.8. The molecule has 9 nitrogen and oxygen atoms in total. The van der Waals surface area contributed by atoms with Gasteiger partial charge in [-0.15, -0.1) is 11.3 Å². The van der Waals surface area contributed by atoms with E-state index in [0.29, 0.717) is 28.9 Å². The molecule has 2 aliphatic carbocycles. The van der Waals surface area contributed by atoms with E-state index in [1.165, 1.54) is 6.07 Å². The summed E-state index contributed by atoms with van der Waals surface area (Å²) in [6.45, 7) is 1.01. The van der Waals surface area contributed by atoms with Crippen molar-refractivity contribution in [3.8, 4) is 22.8 Å². The van der Waals surface area contributed by atoms with Crippen molar-refractivity contribution in [3.05, 3.63) is 105 Å². The molecule has 256 valence electrons. The summed E-state index contributed by atoms with van der Waals surface area (Å²) in [5, 5.41) is 16.1. The number of amides is 2. The Balaban J connectivity index is 1.22. The Morgan fingerprint density at radius 2 is 1.86 bits per heavy atom. The number of carbonyl (C=O) groups excluding carboxylic acids is 2. The summed E-state index contributed by atoms with van der Waals surface area (Å²) >= 11 is 7.62. The van der Waals surface area contributed by atoms with Gasteiger partial charge in [0, 0.05) is 28.7 Å². The van der Waals surface area contributed by atoms with E-state index in [4.69, 9.17) is 31.8 Å². The fourth-order valence-corrected chi connectivity index (χ4v) is 7.51. The zero-order chi connectivity index (χ0) is 34.9. The van der Waals surface area contributed by atoms with Gasteiger partial charge in [-0.25, -0.2) is 18.7 Å². The molecule has 0 spiro atoms. The molecule has 1 aliphatic heterocycles. The first-order valence-electron chi connectivity index (χ1n) is 16.3. The summed E-state index contributed by atoms with van der Waals surface area (Å²) in [6.07, 6.45) is 4.14. The van der Waals surface area contributed by atoms with Crippen molar-refractivity contribution in [2.75, 3.05) is 13.2 Å². The molecule has 2 fully saturated rings. The van der Waals surface area contributed by atoms with Crippen LogP contribution >= 0.6 is 22.9 Å². The van der Waals surface area contributed by atoms with Crippen LogP contribution in [0, 0.1) is 11.6 Å². The largest absolute Gasteiger partial charge is 0.489 e. The lowest BCUT2D eigenvalue weighted by molar-refractivity contribution is -0.123. The topological polar surface area (TPSA) is 137 Å². The molecule has 0 bridgehead atoms. The van der Waals surface area contributed by atoms with Crippen LogP contribution in [0.3, 0.4) is 0 Å². The van der Waals surface area contributed by atoms with Gasteiger partial charge >= 0.3 is 0 Å². The van der Waals surface area contributed by atoms with Crippen LogP contribution in [-0.4, -0.2) is 46.1 Å². The molecular weight excluding hydrogens is 686 g/mol. The predicted octanol–water partition coefficient (Wildman–Crippen LogP) is 6.51. The molecule has 3 aliphatic rings. The minimum absolute atomic E-state index is 0.0414. The standard InChI is InChI=1S/C37H31ClF2N4O5S/c1-36(35(41)46)17-48-32-23(36)14-29(43-30(32)22-13-24(38)26(40)15-25(22)39)37(47,20-5-3-2-4-6-20)16-42-33(45)19-11-27(49-21-9-10-21)31-28(12-19)50-34(44-31)18-7-8-18/h2-6,11-15,18,21,47H,7-10,16-17H2,1H3,(H2,41,46)(H,42,45)/t36-,37+/m0/s1. The number of benzene rings is 3. The number of ether oxygens (including phenoxy) is 2. The number of fused-ring (bicyclic) bond motifs is 2. The van der Waals surface area contributed by atoms with E-state index in [9.17, 15) is 19.1 Å². The third-order valence-corrected chi connectivity index (χ3v) is 11.0. The maximum absolute atomic E-state index is 15.4. The Morgan fingerprint density at radius 3 is 2.56 bits per heavy atom. The Morgan fingerprint density at radius 1 is 1.10 bits per heavy atom. The van der Waals surface area contributed by atoms with Crippen LogP contribution in [0.15, 0.2) is 60.7 Å². The number of halogens is 3. The van der Waals surface area contributed by atoms with Crippen LogP contribution in [0.25, 0.3) is 21.5 Å². The van der Waals surface area contributed by atoms with Crippen molar-refractivity contribution >= 4 is 45.0 Å². The van der Waals surface area contributed by atoms with Gasteiger partial charge in [-0.05, 0) is 62.4 Å². The highest BCUT2D eigenvalue weighted by Crippen LogP contribution is 2.48. The minimum atomic E-state index is -2.02. The lowest BCUT2D eigenvalue weighted by atomic mass is 9.80. The van der Waals surface area contributed by atoms with Gasteiger partial charge in [-0.2, -0.15) is 0 Å². The van der Waals surface area contributed by atoms with Gasteiger partial charge < -0.3 is 25.6 Å². The van der Waals surface area contributed by atoms with Crippen molar-refractivity contribution in [1.82, 2.24) is 15.3 Å². The zero-order valence-corrected chi connectivity index (χ0v) is 28.3. The van der Waals surface area contributed by atoms with Crippen molar-refractivity contribution in [2.24, 2.45) is 5.73 Å². The summed E-state index contributed by atoms with van der Waals surface area (Å²) in [4.78, 5) is 36.2. The third-order valence-electron chi connectivity index (χ3n) is 9.54. The number of primary amides is 1. The second-order valence-electron chi connectivity index (χ2n) is 13.3. The molecule has 2 amide bonds. The second-order valence-corrected chi connectivity index (χ2v) is 14.8. The van der Waals surface area contributed by atoms with Gasteiger partial charge in [0.05, 0.1) is 33.1 Å². The summed E-state index contributed by atoms with van der Waals surface area (Å²) in [5.74, 6) is -2.13. The van der Waals surface area contributed by atoms with Gasteiger partial charge in [0.15, 0.2) is 0 Å². The maximum Gasteiger partial charge on any atom is 0.251 e. The molecule has 0 radical (unpaired) electrons. The quantitative estimate of drug-likeness (QED) is 0.140. The highest BCUT2D eigenvalue weighted by Gasteiger charge is 2.46. The summed E-state index contributed by atoms with van der Waals surface area (Å²) < 4.78 is 42.5. The number of nitrogens with one attached hydrogen (secondary N) is 1. The second kappa shape index (κ2) is 12.0. The van der Waals surface area contributed by atoms with Gasteiger partial charge in [-0.1, -0.05) is 41.9 Å². The maximum atomic E-state index is 15.4. The van der Waals surface area contributed by atoms with Crippen molar-refractivity contribution in [3.63, 3.8) is 0 Å². The number of rotatable bonds is 10. The van der Waals surface area contributed by atoms with E-state index >= 15 is 4.39 Å². The summed E-state index contributed by atoms with van der Waals surface area (Å²) in [6, 6.07) is 15.1. The molecule has 8 rings (SSSR count). The highest BCUT2D eigenvalue weighted by atomic mass is 35.5. The number of aliphatic hydroxyl groups is 1. The SMILES string of the molecule is C[C@]1(C(N)=O)COc2c1cc([C@@](O)(CNC(=O)c1cc(OC3CC3)c3nc(C4CC4)sc3c1)c1ccccc1)nc2-c1cc(Cl)c(F)cc1F. The molecular formula is C37H31ClF2N4O5S. The number of thiazole rings is 1. The number of pyridine rings is 1. The normalized spacial score (nSPS) is 19.5. The smallest absolute Gasteiger partial charge is 0.251 e. The van der Waals surface area contributed by atoms with Gasteiger partial charge in [0.2, 0.25) is 5.91 Å². The van der Waals surface area contributed by atoms with Crippen molar-refractivity contribution < 1.29 is 33.0 Å². The number of hydrogen-bond donors (Lipinski definition) is 3. The van der Waals surface area contributed by atoms with E-state index in [1.54, 1.807) is 60.7 Å². The number of nitrogens with two attached hydrogens (primary N) is 1. The first-order chi connectivity index (χ1) is 23.9. The molecule has 2 saturated carbocycles. The van der Waals surface area contributed by atoms with E-state index in [0.717, 1.165) is 47.0 Å². The molecule has 2 aromatic heterocycles. The predicted molar refractivity (Wildman–Crippen MR) is 184 cm³/mol. The molecule has 0 saturated heterocycles. The first-order valence-corrected chi connectivity index (χ1v) is 17.4. The van der Waals surface area contributed by atoms with Crippen molar-refractivity contribution in [1.29, 1.82) is 0 Å². The highest BCUT2D eigenvalue weighted by molar-refractivity contribution is 7.18. The molecule has 50 heavy (non-hydrogen) atoms. The Bertz CT molecular complexity index is 2210. The van der Waals surface area contributed by atoms with Crippen LogP contribution in [0.4, 0.5) is 8.78 Å². The molecule has 0 unspecified atom stereocenters. The van der Waals surface area contributed by atoms with E-state index in [1.807, 2.05) is 0 Å². The summed E-state index contributed by atoms with van der Waals surface area (Å²) in [5.41, 5.74) is 3.71. The Labute approximate surface area is 294 Å². The number of hydrogen-bond acceptors (Lipinski definition) is 8. The van der Waals surface area contributed by atoms with E-state index in [2.05, 4.69) is 10.3 Å². The number of nitrogens with zero attached hydrogens (tertiary/aromatic N) is 2. The molecule has 3 heterocycles. The van der Waals surface area contributed by atoms with Crippen LogP contribution in [0.1, 0.15) is 70.7 Å². The average molecular weight is 717 g/mol. The van der Waals surface area contributed by atoms with Crippen LogP contribution < -0.4 is 20.5 Å². The fourth-order valence-electron chi connectivity index (χ4n) is 6.16. The van der Waals surface area contributed by atoms with E-state index in [-0.39, 0.29) is 52.5 Å². The number of carbonyl (C=O) groups is 2. The Hall–Kier alpha value is -4.65. The first kappa shape index (κ1) is 32.5. The van der Waals surface area contributed by atoms with Gasteiger partial charge in [0.25, 0.3) is 5.91 Å². The average Bonchev–Trinajstić information content (AvgIpc) is 4.05. The minimum Gasteiger partial charge on any atom is -0.489 e. The lowest BCUT2D eigenvalue weighted by Gasteiger charge is -2.30. The molecule has 3 aromatic carbocycles. The third kappa shape index (κ3) is 5.65.